The number of nitrogens with zero attached hydrogens (tertiary/aromatic N) is 3. The first-order chi connectivity index (χ1) is 8.69. The van der Waals surface area contributed by atoms with Crippen LogP contribution in [0.25, 0.3) is 0 Å². The molecule has 0 aromatic heterocycles. The van der Waals surface area contributed by atoms with Gasteiger partial charge in [-0.3, -0.25) is 9.80 Å². The molecule has 3 nitrogen and oxygen atoms in total. The number of halogens is 1. The molecule has 0 bridgehead atoms. The van der Waals surface area contributed by atoms with E-state index < -0.39 is 0 Å². The molecule has 0 N–H and O–H groups in total. The van der Waals surface area contributed by atoms with Crippen molar-refractivity contribution >= 4 is 0 Å². The number of aryl methyl sites for hydroxylation is 1. The molecule has 1 aliphatic rings. The summed E-state index contributed by atoms with van der Waals surface area (Å²) in [5.74, 6) is -0.171. The maximum Gasteiger partial charge on any atom is 0.123 e. The fraction of sp³-hybridized carbons (Fsp3) is 0.500. The van der Waals surface area contributed by atoms with Gasteiger partial charge in [0.15, 0.2) is 0 Å². The number of nitriles is 1. The number of hydrogen-bond acceptors (Lipinski definition) is 3. The maximum absolute atomic E-state index is 13.0. The third kappa shape index (κ3) is 3.28. The molecule has 0 saturated carbocycles. The van der Waals surface area contributed by atoms with Gasteiger partial charge in [0.1, 0.15) is 5.82 Å². The van der Waals surface area contributed by atoms with Crippen LogP contribution < -0.4 is 0 Å². The van der Waals surface area contributed by atoms with Gasteiger partial charge in [0.2, 0.25) is 0 Å². The molecule has 0 amide bonds. The predicted octanol–water partition coefficient (Wildman–Crippen LogP) is 1.78. The summed E-state index contributed by atoms with van der Waals surface area (Å²) in [5, 5.41) is 8.64. The number of benzene rings is 1. The molecule has 1 heterocycles. The van der Waals surface area contributed by atoms with Crippen LogP contribution in [0.3, 0.4) is 0 Å². The quantitative estimate of drug-likeness (QED) is 0.763. The maximum atomic E-state index is 13.0. The fourth-order valence-electron chi connectivity index (χ4n) is 2.28. The molecule has 1 aromatic rings. The second kappa shape index (κ2) is 5.94. The molecule has 4 heteroatoms. The van der Waals surface area contributed by atoms with Crippen LogP contribution in [0.1, 0.15) is 11.1 Å². The Balaban J connectivity index is 1.90. The number of hydrogen-bond donors (Lipinski definition) is 0. The third-order valence-electron chi connectivity index (χ3n) is 3.46. The second-order valence-corrected chi connectivity index (χ2v) is 4.78. The average Bonchev–Trinajstić information content (AvgIpc) is 2.35. The van der Waals surface area contributed by atoms with Gasteiger partial charge in [-0.05, 0) is 30.2 Å². The van der Waals surface area contributed by atoms with Crippen molar-refractivity contribution < 1.29 is 4.39 Å². The third-order valence-corrected chi connectivity index (χ3v) is 3.46. The molecule has 1 aliphatic heterocycles. The van der Waals surface area contributed by atoms with Crippen molar-refractivity contribution in [1.29, 1.82) is 5.26 Å². The minimum absolute atomic E-state index is 0.171. The van der Waals surface area contributed by atoms with Gasteiger partial charge in [0.05, 0.1) is 12.6 Å². The van der Waals surface area contributed by atoms with Crippen LogP contribution in [-0.2, 0) is 6.54 Å². The average molecular weight is 247 g/mol. The minimum atomic E-state index is -0.171. The summed E-state index contributed by atoms with van der Waals surface area (Å²) < 4.78 is 13.0. The summed E-state index contributed by atoms with van der Waals surface area (Å²) in [6, 6.07) is 7.16. The lowest BCUT2D eigenvalue weighted by Gasteiger charge is -2.33. The molecule has 0 aliphatic carbocycles. The molecule has 0 radical (unpaired) electrons. The zero-order valence-electron chi connectivity index (χ0n) is 10.7. The van der Waals surface area contributed by atoms with E-state index in [1.165, 1.54) is 11.6 Å². The predicted molar refractivity (Wildman–Crippen MR) is 68.5 cm³/mol. The zero-order chi connectivity index (χ0) is 13.0. The molecule has 0 unspecified atom stereocenters. The number of rotatable bonds is 3. The molecule has 96 valence electrons. The van der Waals surface area contributed by atoms with Gasteiger partial charge in [0.25, 0.3) is 0 Å². The van der Waals surface area contributed by atoms with Gasteiger partial charge in [0, 0.05) is 32.7 Å². The van der Waals surface area contributed by atoms with E-state index in [4.69, 9.17) is 5.26 Å². The van der Waals surface area contributed by atoms with E-state index in [9.17, 15) is 4.39 Å². The molecule has 2 rings (SSSR count). The Morgan fingerprint density at radius 1 is 1.22 bits per heavy atom. The normalized spacial score (nSPS) is 17.6. The second-order valence-electron chi connectivity index (χ2n) is 4.78. The van der Waals surface area contributed by atoms with Crippen LogP contribution in [0, 0.1) is 24.1 Å². The zero-order valence-corrected chi connectivity index (χ0v) is 10.7. The number of piperazine rings is 1. The lowest BCUT2D eigenvalue weighted by molar-refractivity contribution is 0.138. The van der Waals surface area contributed by atoms with E-state index in [-0.39, 0.29) is 5.82 Å². The van der Waals surface area contributed by atoms with Crippen LogP contribution in [0.5, 0.6) is 0 Å². The highest BCUT2D eigenvalue weighted by Gasteiger charge is 2.16. The summed E-state index contributed by atoms with van der Waals surface area (Å²) in [6.07, 6.45) is 0. The minimum Gasteiger partial charge on any atom is -0.297 e. The standard InChI is InChI=1S/C14H18FN3/c1-12-10-14(15)3-2-13(12)11-18-8-6-17(5-4-16)7-9-18/h2-3,10H,5-9,11H2,1H3. The largest absolute Gasteiger partial charge is 0.297 e. The van der Waals surface area contributed by atoms with Gasteiger partial charge in [-0.25, -0.2) is 4.39 Å². The van der Waals surface area contributed by atoms with Crippen molar-refractivity contribution in [2.45, 2.75) is 13.5 Å². The molecule has 1 saturated heterocycles. The highest BCUT2D eigenvalue weighted by Crippen LogP contribution is 2.14. The van der Waals surface area contributed by atoms with E-state index in [2.05, 4.69) is 15.9 Å². The van der Waals surface area contributed by atoms with E-state index in [1.807, 2.05) is 13.0 Å². The van der Waals surface area contributed by atoms with E-state index in [0.717, 1.165) is 38.3 Å². The summed E-state index contributed by atoms with van der Waals surface area (Å²) in [6.45, 7) is 7.15. The molecule has 0 atom stereocenters. The van der Waals surface area contributed by atoms with Crippen molar-refractivity contribution in [1.82, 2.24) is 9.80 Å². The van der Waals surface area contributed by atoms with Gasteiger partial charge in [-0.15, -0.1) is 0 Å². The Morgan fingerprint density at radius 2 is 1.89 bits per heavy atom. The van der Waals surface area contributed by atoms with Crippen LogP contribution >= 0.6 is 0 Å². The fourth-order valence-corrected chi connectivity index (χ4v) is 2.28. The SMILES string of the molecule is Cc1cc(F)ccc1CN1CCN(CC#N)CC1. The lowest BCUT2D eigenvalue weighted by atomic mass is 10.1. The van der Waals surface area contributed by atoms with Crippen LogP contribution in [0.2, 0.25) is 0 Å². The first-order valence-electron chi connectivity index (χ1n) is 6.26. The highest BCUT2D eigenvalue weighted by atomic mass is 19.1. The molecular formula is C14H18FN3. The van der Waals surface area contributed by atoms with Crippen molar-refractivity contribution in [3.63, 3.8) is 0 Å². The summed E-state index contributed by atoms with van der Waals surface area (Å²) in [5.41, 5.74) is 2.19. The Labute approximate surface area is 107 Å². The van der Waals surface area contributed by atoms with Crippen molar-refractivity contribution in [2.24, 2.45) is 0 Å². The van der Waals surface area contributed by atoms with Crippen molar-refractivity contribution in [3.05, 3.63) is 35.1 Å². The molecule has 1 fully saturated rings. The van der Waals surface area contributed by atoms with Crippen molar-refractivity contribution in [2.75, 3.05) is 32.7 Å². The topological polar surface area (TPSA) is 30.3 Å². The Kier molecular flexibility index (Phi) is 4.29. The molecule has 1 aromatic carbocycles. The lowest BCUT2D eigenvalue weighted by Crippen LogP contribution is -2.45. The van der Waals surface area contributed by atoms with Gasteiger partial charge >= 0.3 is 0 Å². The van der Waals surface area contributed by atoms with Crippen molar-refractivity contribution in [3.8, 4) is 6.07 Å². The summed E-state index contributed by atoms with van der Waals surface area (Å²) in [4.78, 5) is 4.52. The summed E-state index contributed by atoms with van der Waals surface area (Å²) in [7, 11) is 0. The first kappa shape index (κ1) is 13.0. The highest BCUT2D eigenvalue weighted by molar-refractivity contribution is 5.26. The molecule has 18 heavy (non-hydrogen) atoms. The monoisotopic (exact) mass is 247 g/mol. The van der Waals surface area contributed by atoms with Crippen LogP contribution in [0.15, 0.2) is 18.2 Å². The van der Waals surface area contributed by atoms with Gasteiger partial charge in [-0.2, -0.15) is 5.26 Å². The van der Waals surface area contributed by atoms with Crippen LogP contribution in [-0.4, -0.2) is 42.5 Å². The smallest absolute Gasteiger partial charge is 0.123 e. The van der Waals surface area contributed by atoms with E-state index in [0.29, 0.717) is 6.54 Å². The first-order valence-corrected chi connectivity index (χ1v) is 6.26. The summed E-state index contributed by atoms with van der Waals surface area (Å²) >= 11 is 0. The Bertz CT molecular complexity index is 445. The molecule has 0 spiro atoms. The Morgan fingerprint density at radius 3 is 2.50 bits per heavy atom. The van der Waals surface area contributed by atoms with Gasteiger partial charge in [-0.1, -0.05) is 6.07 Å². The van der Waals surface area contributed by atoms with Crippen LogP contribution in [0.4, 0.5) is 4.39 Å². The van der Waals surface area contributed by atoms with E-state index >= 15 is 0 Å². The van der Waals surface area contributed by atoms with E-state index in [1.54, 1.807) is 6.07 Å². The van der Waals surface area contributed by atoms with Gasteiger partial charge < -0.3 is 0 Å². The molecular weight excluding hydrogens is 229 g/mol. The Hall–Kier alpha value is -1.44.